The Morgan fingerprint density at radius 1 is 1.29 bits per heavy atom. The van der Waals surface area contributed by atoms with Crippen molar-refractivity contribution in [2.24, 2.45) is 0 Å². The first-order chi connectivity index (χ1) is 8.33. The van der Waals surface area contributed by atoms with Crippen molar-refractivity contribution in [1.29, 1.82) is 0 Å². The number of nitrogens with zero attached hydrogens (tertiary/aromatic N) is 1. The largest absolute Gasteiger partial charge is 0.481 e. The molecule has 2 aliphatic rings. The Morgan fingerprint density at radius 2 is 2.06 bits per heavy atom. The Bertz CT molecular complexity index is 384. The summed E-state index contributed by atoms with van der Waals surface area (Å²) >= 11 is 0. The minimum atomic E-state index is 0.549. The van der Waals surface area contributed by atoms with Gasteiger partial charge in [-0.25, -0.2) is 0 Å². The van der Waals surface area contributed by atoms with Crippen LogP contribution in [0.5, 0.6) is 5.88 Å². The van der Waals surface area contributed by atoms with Crippen LogP contribution in [0.15, 0.2) is 18.2 Å². The maximum absolute atomic E-state index is 5.14. The van der Waals surface area contributed by atoms with Gasteiger partial charge in [0, 0.05) is 24.2 Å². The van der Waals surface area contributed by atoms with Gasteiger partial charge in [-0.3, -0.25) is 0 Å². The maximum Gasteiger partial charge on any atom is 0.214 e. The second-order valence-electron chi connectivity index (χ2n) is 5.02. The fourth-order valence-corrected chi connectivity index (χ4v) is 2.99. The smallest absolute Gasteiger partial charge is 0.214 e. The highest BCUT2D eigenvalue weighted by Gasteiger charge is 2.33. The van der Waals surface area contributed by atoms with Gasteiger partial charge in [0.15, 0.2) is 0 Å². The number of anilines is 1. The minimum Gasteiger partial charge on any atom is -0.481 e. The molecule has 17 heavy (non-hydrogen) atoms. The molecule has 2 bridgehead atoms. The molecule has 2 atom stereocenters. The Morgan fingerprint density at radius 3 is 2.76 bits per heavy atom. The van der Waals surface area contributed by atoms with Crippen molar-refractivity contribution in [2.75, 3.05) is 12.4 Å². The van der Waals surface area contributed by atoms with Crippen LogP contribution in [-0.4, -0.2) is 30.2 Å². The van der Waals surface area contributed by atoms with Crippen LogP contribution >= 0.6 is 0 Å². The van der Waals surface area contributed by atoms with E-state index in [-0.39, 0.29) is 0 Å². The first-order valence-electron chi connectivity index (χ1n) is 6.37. The SMILES string of the molecule is COc1cccc(NC2CC3CCC(C2)N3)n1. The van der Waals surface area contributed by atoms with E-state index >= 15 is 0 Å². The normalized spacial score (nSPS) is 31.2. The molecule has 92 valence electrons. The van der Waals surface area contributed by atoms with E-state index in [1.165, 1.54) is 25.7 Å². The van der Waals surface area contributed by atoms with Crippen molar-refractivity contribution in [2.45, 2.75) is 43.8 Å². The molecular formula is C13H19N3O. The average Bonchev–Trinajstić information content (AvgIpc) is 2.69. The summed E-state index contributed by atoms with van der Waals surface area (Å²) in [5.74, 6) is 1.60. The molecule has 0 aliphatic carbocycles. The molecule has 0 spiro atoms. The zero-order valence-corrected chi connectivity index (χ0v) is 10.1. The molecule has 4 nitrogen and oxygen atoms in total. The van der Waals surface area contributed by atoms with Crippen molar-refractivity contribution >= 4 is 5.82 Å². The van der Waals surface area contributed by atoms with Crippen molar-refractivity contribution in [1.82, 2.24) is 10.3 Å². The van der Waals surface area contributed by atoms with Gasteiger partial charge in [-0.2, -0.15) is 4.98 Å². The van der Waals surface area contributed by atoms with Gasteiger partial charge >= 0.3 is 0 Å². The van der Waals surface area contributed by atoms with Gasteiger partial charge in [0.1, 0.15) is 5.82 Å². The molecule has 2 fully saturated rings. The molecule has 0 radical (unpaired) electrons. The fourth-order valence-electron chi connectivity index (χ4n) is 2.99. The van der Waals surface area contributed by atoms with E-state index in [1.807, 2.05) is 18.2 Å². The van der Waals surface area contributed by atoms with Gasteiger partial charge in [0.05, 0.1) is 7.11 Å². The monoisotopic (exact) mass is 233 g/mol. The average molecular weight is 233 g/mol. The summed E-state index contributed by atoms with van der Waals surface area (Å²) in [6.45, 7) is 0. The van der Waals surface area contributed by atoms with E-state index in [9.17, 15) is 0 Å². The van der Waals surface area contributed by atoms with Gasteiger partial charge in [-0.1, -0.05) is 6.07 Å². The molecule has 2 saturated heterocycles. The molecule has 2 unspecified atom stereocenters. The van der Waals surface area contributed by atoms with E-state index in [0.717, 1.165) is 5.82 Å². The zero-order chi connectivity index (χ0) is 11.7. The molecule has 0 saturated carbocycles. The Hall–Kier alpha value is -1.29. The summed E-state index contributed by atoms with van der Waals surface area (Å²) in [5.41, 5.74) is 0. The Labute approximate surface area is 102 Å². The lowest BCUT2D eigenvalue weighted by atomic mass is 10.00. The number of nitrogens with one attached hydrogen (secondary N) is 2. The van der Waals surface area contributed by atoms with Crippen molar-refractivity contribution < 1.29 is 4.74 Å². The minimum absolute atomic E-state index is 0.549. The van der Waals surface area contributed by atoms with Crippen LogP contribution in [0.2, 0.25) is 0 Å². The van der Waals surface area contributed by atoms with Crippen LogP contribution in [0.3, 0.4) is 0 Å². The first-order valence-corrected chi connectivity index (χ1v) is 6.37. The van der Waals surface area contributed by atoms with E-state index in [4.69, 9.17) is 4.74 Å². The van der Waals surface area contributed by atoms with Crippen LogP contribution in [-0.2, 0) is 0 Å². The number of hydrogen-bond acceptors (Lipinski definition) is 4. The molecule has 3 heterocycles. The third-order valence-electron chi connectivity index (χ3n) is 3.76. The first kappa shape index (κ1) is 10.8. The topological polar surface area (TPSA) is 46.2 Å². The third-order valence-corrected chi connectivity index (χ3v) is 3.76. The molecule has 0 amide bonds. The van der Waals surface area contributed by atoms with Crippen LogP contribution in [0, 0.1) is 0 Å². The molecule has 1 aromatic heterocycles. The predicted octanol–water partition coefficient (Wildman–Crippen LogP) is 1.79. The lowest BCUT2D eigenvalue weighted by Gasteiger charge is -2.30. The van der Waals surface area contributed by atoms with Crippen molar-refractivity contribution in [3.8, 4) is 5.88 Å². The Kier molecular flexibility index (Phi) is 2.89. The number of ether oxygens (including phenoxy) is 1. The highest BCUT2D eigenvalue weighted by atomic mass is 16.5. The van der Waals surface area contributed by atoms with Crippen molar-refractivity contribution in [3.63, 3.8) is 0 Å². The molecule has 0 aromatic carbocycles. The quantitative estimate of drug-likeness (QED) is 0.835. The van der Waals surface area contributed by atoms with Crippen LogP contribution < -0.4 is 15.4 Å². The number of methoxy groups -OCH3 is 1. The summed E-state index contributed by atoms with van der Waals surface area (Å²) in [5, 5.41) is 7.17. The lowest BCUT2D eigenvalue weighted by Crippen LogP contribution is -2.43. The Balaban J connectivity index is 1.66. The molecule has 2 N–H and O–H groups in total. The van der Waals surface area contributed by atoms with E-state index in [0.29, 0.717) is 24.0 Å². The highest BCUT2D eigenvalue weighted by Crippen LogP contribution is 2.28. The lowest BCUT2D eigenvalue weighted by molar-refractivity contribution is 0.376. The summed E-state index contributed by atoms with van der Waals surface area (Å²) < 4.78 is 5.14. The zero-order valence-electron chi connectivity index (χ0n) is 10.1. The number of aromatic nitrogens is 1. The molecule has 4 heteroatoms. The van der Waals surface area contributed by atoms with Gasteiger partial charge < -0.3 is 15.4 Å². The predicted molar refractivity (Wildman–Crippen MR) is 67.4 cm³/mol. The van der Waals surface area contributed by atoms with Gasteiger partial charge in [-0.15, -0.1) is 0 Å². The van der Waals surface area contributed by atoms with Crippen LogP contribution in [0.1, 0.15) is 25.7 Å². The summed E-state index contributed by atoms with van der Waals surface area (Å²) in [6.07, 6.45) is 5.06. The van der Waals surface area contributed by atoms with Crippen LogP contribution in [0.25, 0.3) is 0 Å². The number of hydrogen-bond donors (Lipinski definition) is 2. The van der Waals surface area contributed by atoms with Crippen molar-refractivity contribution in [3.05, 3.63) is 18.2 Å². The number of rotatable bonds is 3. The third kappa shape index (κ3) is 2.36. The van der Waals surface area contributed by atoms with Gasteiger partial charge in [-0.05, 0) is 31.7 Å². The standard InChI is InChI=1S/C13H19N3O/c1-17-13-4-2-3-12(16-13)15-11-7-9-5-6-10(8-11)14-9/h2-4,9-11,14H,5-8H2,1H3,(H,15,16). The van der Waals surface area contributed by atoms with E-state index in [2.05, 4.69) is 15.6 Å². The number of piperidine rings is 1. The number of pyridine rings is 1. The van der Waals surface area contributed by atoms with E-state index in [1.54, 1.807) is 7.11 Å². The van der Waals surface area contributed by atoms with Gasteiger partial charge in [0.25, 0.3) is 0 Å². The second kappa shape index (κ2) is 4.53. The fraction of sp³-hybridized carbons (Fsp3) is 0.615. The van der Waals surface area contributed by atoms with Crippen LogP contribution in [0.4, 0.5) is 5.82 Å². The molecule has 3 rings (SSSR count). The molecule has 2 aliphatic heterocycles. The molecular weight excluding hydrogens is 214 g/mol. The number of fused-ring (bicyclic) bond motifs is 2. The summed E-state index contributed by atoms with van der Waals surface area (Å²) in [6, 6.07) is 7.82. The maximum atomic E-state index is 5.14. The van der Waals surface area contributed by atoms with Gasteiger partial charge in [0.2, 0.25) is 5.88 Å². The summed E-state index contributed by atoms with van der Waals surface area (Å²) in [7, 11) is 1.65. The molecule has 1 aromatic rings. The highest BCUT2D eigenvalue weighted by molar-refractivity contribution is 5.38. The van der Waals surface area contributed by atoms with E-state index < -0.39 is 0 Å². The summed E-state index contributed by atoms with van der Waals surface area (Å²) in [4.78, 5) is 4.40. The second-order valence-corrected chi connectivity index (χ2v) is 5.02.